The van der Waals surface area contributed by atoms with Crippen molar-refractivity contribution in [1.29, 1.82) is 0 Å². The number of hydrogen-bond donors (Lipinski definition) is 1. The van der Waals surface area contributed by atoms with Gasteiger partial charge in [-0.2, -0.15) is 0 Å². The van der Waals surface area contributed by atoms with Gasteiger partial charge < -0.3 is 10.2 Å². The van der Waals surface area contributed by atoms with Gasteiger partial charge in [0.15, 0.2) is 0 Å². The smallest absolute Gasteiger partial charge is 0.247 e. The number of piperazine rings is 1. The monoisotopic (exact) mass is 306 g/mol. The van der Waals surface area contributed by atoms with E-state index >= 15 is 0 Å². The van der Waals surface area contributed by atoms with Crippen molar-refractivity contribution >= 4 is 23.4 Å². The van der Waals surface area contributed by atoms with E-state index in [2.05, 4.69) is 5.32 Å². The van der Waals surface area contributed by atoms with Crippen molar-refractivity contribution in [2.75, 3.05) is 13.1 Å². The standard InChI is InChI=1S/C16H19ClN2O2/c17-13-7-2-1-6-12(13)15-16(21)18-8-9-19(15)14(20)10-11-4-3-5-11/h1-2,6-7,11,15H,3-5,8-10H2,(H,18,21)/t15-/m1/s1. The Labute approximate surface area is 129 Å². The van der Waals surface area contributed by atoms with Gasteiger partial charge in [-0.25, -0.2) is 0 Å². The van der Waals surface area contributed by atoms with Crippen molar-refractivity contribution in [2.24, 2.45) is 5.92 Å². The van der Waals surface area contributed by atoms with Crippen LogP contribution in [0.15, 0.2) is 24.3 Å². The molecule has 5 heteroatoms. The molecular formula is C16H19ClN2O2. The first-order valence-electron chi connectivity index (χ1n) is 7.48. The summed E-state index contributed by atoms with van der Waals surface area (Å²) < 4.78 is 0. The minimum Gasteiger partial charge on any atom is -0.352 e. The first kappa shape index (κ1) is 14.4. The highest BCUT2D eigenvalue weighted by Crippen LogP contribution is 2.33. The third-order valence-electron chi connectivity index (χ3n) is 4.42. The van der Waals surface area contributed by atoms with Crippen LogP contribution in [0, 0.1) is 5.92 Å². The summed E-state index contributed by atoms with van der Waals surface area (Å²) in [5.41, 5.74) is 0.707. The molecule has 4 nitrogen and oxygen atoms in total. The lowest BCUT2D eigenvalue weighted by Gasteiger charge is -2.37. The van der Waals surface area contributed by atoms with Gasteiger partial charge >= 0.3 is 0 Å². The first-order chi connectivity index (χ1) is 10.2. The van der Waals surface area contributed by atoms with Crippen LogP contribution in [0.1, 0.15) is 37.3 Å². The number of benzene rings is 1. The molecule has 1 aromatic carbocycles. The highest BCUT2D eigenvalue weighted by molar-refractivity contribution is 6.31. The van der Waals surface area contributed by atoms with Crippen molar-refractivity contribution in [2.45, 2.75) is 31.7 Å². The molecule has 1 aliphatic heterocycles. The van der Waals surface area contributed by atoms with Crippen LogP contribution in [0.2, 0.25) is 5.02 Å². The Morgan fingerprint density at radius 3 is 2.76 bits per heavy atom. The minimum atomic E-state index is -0.597. The van der Waals surface area contributed by atoms with Crippen LogP contribution in [0.3, 0.4) is 0 Å². The van der Waals surface area contributed by atoms with Gasteiger partial charge in [-0.3, -0.25) is 9.59 Å². The Morgan fingerprint density at radius 2 is 2.10 bits per heavy atom. The van der Waals surface area contributed by atoms with Gasteiger partial charge in [-0.1, -0.05) is 36.2 Å². The maximum atomic E-state index is 12.5. The molecule has 0 radical (unpaired) electrons. The minimum absolute atomic E-state index is 0.0690. The molecule has 2 fully saturated rings. The average Bonchev–Trinajstić information content (AvgIpc) is 2.43. The number of rotatable bonds is 3. The number of halogens is 1. The van der Waals surface area contributed by atoms with Gasteiger partial charge in [0.1, 0.15) is 6.04 Å². The molecule has 21 heavy (non-hydrogen) atoms. The van der Waals surface area contributed by atoms with E-state index in [4.69, 9.17) is 11.6 Å². The number of nitrogens with zero attached hydrogens (tertiary/aromatic N) is 1. The van der Waals surface area contributed by atoms with Gasteiger partial charge in [0.05, 0.1) is 0 Å². The normalized spacial score (nSPS) is 22.6. The summed E-state index contributed by atoms with van der Waals surface area (Å²) in [5.74, 6) is 0.421. The Balaban J connectivity index is 1.84. The maximum Gasteiger partial charge on any atom is 0.247 e. The summed E-state index contributed by atoms with van der Waals surface area (Å²) in [5, 5.41) is 3.36. The first-order valence-corrected chi connectivity index (χ1v) is 7.86. The third kappa shape index (κ3) is 2.91. The van der Waals surface area contributed by atoms with Crippen molar-refractivity contribution < 1.29 is 9.59 Å². The largest absolute Gasteiger partial charge is 0.352 e. The van der Waals surface area contributed by atoms with Crippen LogP contribution >= 0.6 is 11.6 Å². The van der Waals surface area contributed by atoms with Gasteiger partial charge in [-0.15, -0.1) is 0 Å². The third-order valence-corrected chi connectivity index (χ3v) is 4.76. The number of carbonyl (C=O) groups excluding carboxylic acids is 2. The lowest BCUT2D eigenvalue weighted by Crippen LogP contribution is -2.52. The Hall–Kier alpha value is -1.55. The molecule has 112 valence electrons. The van der Waals surface area contributed by atoms with E-state index in [0.29, 0.717) is 36.0 Å². The number of carbonyl (C=O) groups is 2. The Kier molecular flexibility index (Phi) is 4.15. The van der Waals surface area contributed by atoms with E-state index in [1.807, 2.05) is 18.2 Å². The van der Waals surface area contributed by atoms with Gasteiger partial charge in [0.25, 0.3) is 0 Å². The number of amides is 2. The van der Waals surface area contributed by atoms with Crippen LogP contribution < -0.4 is 5.32 Å². The summed E-state index contributed by atoms with van der Waals surface area (Å²) in [7, 11) is 0. The molecule has 1 aromatic rings. The molecule has 0 bridgehead atoms. The fourth-order valence-corrected chi connectivity index (χ4v) is 3.24. The number of hydrogen-bond acceptors (Lipinski definition) is 2. The zero-order valence-corrected chi connectivity index (χ0v) is 12.6. The topological polar surface area (TPSA) is 49.4 Å². The zero-order valence-electron chi connectivity index (χ0n) is 11.8. The second-order valence-electron chi connectivity index (χ2n) is 5.80. The fraction of sp³-hybridized carbons (Fsp3) is 0.500. The molecule has 0 unspecified atom stereocenters. The van der Waals surface area contributed by atoms with E-state index in [1.54, 1.807) is 11.0 Å². The molecule has 0 spiro atoms. The Morgan fingerprint density at radius 1 is 1.33 bits per heavy atom. The highest BCUT2D eigenvalue weighted by Gasteiger charge is 2.36. The second-order valence-corrected chi connectivity index (χ2v) is 6.21. The van der Waals surface area contributed by atoms with Crippen molar-refractivity contribution in [1.82, 2.24) is 10.2 Å². The molecule has 1 atom stereocenters. The van der Waals surface area contributed by atoms with Crippen LogP contribution in [0.5, 0.6) is 0 Å². The molecule has 3 rings (SSSR count). The summed E-state index contributed by atoms with van der Waals surface area (Å²) in [6, 6.07) is 6.65. The van der Waals surface area contributed by atoms with Crippen molar-refractivity contribution in [3.8, 4) is 0 Å². The van der Waals surface area contributed by atoms with Crippen LogP contribution in [-0.4, -0.2) is 29.8 Å². The molecule has 1 N–H and O–H groups in total. The molecule has 2 aliphatic rings. The average molecular weight is 307 g/mol. The molecule has 2 amide bonds. The predicted molar refractivity (Wildman–Crippen MR) is 80.9 cm³/mol. The summed E-state index contributed by atoms with van der Waals surface area (Å²) >= 11 is 6.22. The van der Waals surface area contributed by atoms with Crippen LogP contribution in [0.25, 0.3) is 0 Å². The highest BCUT2D eigenvalue weighted by atomic mass is 35.5. The lowest BCUT2D eigenvalue weighted by atomic mass is 9.82. The van der Waals surface area contributed by atoms with E-state index in [1.165, 1.54) is 6.42 Å². The van der Waals surface area contributed by atoms with E-state index in [9.17, 15) is 9.59 Å². The van der Waals surface area contributed by atoms with Crippen LogP contribution in [0.4, 0.5) is 0 Å². The van der Waals surface area contributed by atoms with Gasteiger partial charge in [0.2, 0.25) is 11.8 Å². The molecule has 1 aliphatic carbocycles. The summed E-state index contributed by atoms with van der Waals surface area (Å²) in [6.45, 7) is 1.06. The molecule has 1 saturated heterocycles. The SMILES string of the molecule is O=C1NCCN(C(=O)CC2CCC2)[C@@H]1c1ccccc1Cl. The quantitative estimate of drug-likeness (QED) is 0.933. The number of nitrogens with one attached hydrogen (secondary N) is 1. The summed E-state index contributed by atoms with van der Waals surface area (Å²) in [4.78, 5) is 26.5. The van der Waals surface area contributed by atoms with Crippen LogP contribution in [-0.2, 0) is 9.59 Å². The molecule has 1 saturated carbocycles. The van der Waals surface area contributed by atoms with Crippen molar-refractivity contribution in [3.63, 3.8) is 0 Å². The molecule has 0 aromatic heterocycles. The lowest BCUT2D eigenvalue weighted by molar-refractivity contribution is -0.144. The van der Waals surface area contributed by atoms with E-state index in [0.717, 1.165) is 12.8 Å². The van der Waals surface area contributed by atoms with Crippen molar-refractivity contribution in [3.05, 3.63) is 34.9 Å². The maximum absolute atomic E-state index is 12.5. The van der Waals surface area contributed by atoms with Gasteiger partial charge in [-0.05, 0) is 24.8 Å². The second kappa shape index (κ2) is 6.06. The zero-order chi connectivity index (χ0) is 14.8. The predicted octanol–water partition coefficient (Wildman–Crippen LogP) is 2.53. The molecule has 1 heterocycles. The molecular weight excluding hydrogens is 288 g/mol. The van der Waals surface area contributed by atoms with E-state index in [-0.39, 0.29) is 11.8 Å². The van der Waals surface area contributed by atoms with Gasteiger partial charge in [0, 0.05) is 30.1 Å². The van der Waals surface area contributed by atoms with E-state index < -0.39 is 6.04 Å². The Bertz CT molecular complexity index is 557. The summed E-state index contributed by atoms with van der Waals surface area (Å²) in [6.07, 6.45) is 4.02. The fourth-order valence-electron chi connectivity index (χ4n) is 3.00.